The number of hydrogen-bond donors (Lipinski definition) is 1. The van der Waals surface area contributed by atoms with Gasteiger partial charge in [-0.1, -0.05) is 6.92 Å². The minimum absolute atomic E-state index is 0.0366. The number of rotatable bonds is 3. The molecular formula is C9H17NO3. The molecular weight excluding hydrogens is 170 g/mol. The molecule has 2 N–H and O–H groups in total. The molecule has 0 bridgehead atoms. The molecule has 0 saturated carbocycles. The van der Waals surface area contributed by atoms with Crippen LogP contribution in [0.4, 0.5) is 0 Å². The molecule has 13 heavy (non-hydrogen) atoms. The number of hydrogen-bond acceptors (Lipinski definition) is 3. The maximum Gasteiger partial charge on any atom is 0.309 e. The van der Waals surface area contributed by atoms with Gasteiger partial charge in [0.1, 0.15) is 5.60 Å². The highest BCUT2D eigenvalue weighted by atomic mass is 16.6. The SMILES string of the molecule is CC(CC(N)=O)C(=O)OC(C)(C)C. The van der Waals surface area contributed by atoms with Gasteiger partial charge < -0.3 is 10.5 Å². The van der Waals surface area contributed by atoms with E-state index in [0.717, 1.165) is 0 Å². The molecule has 0 heterocycles. The smallest absolute Gasteiger partial charge is 0.309 e. The molecule has 0 spiro atoms. The second-order valence-corrected chi connectivity index (χ2v) is 4.10. The van der Waals surface area contributed by atoms with Gasteiger partial charge >= 0.3 is 5.97 Å². The summed E-state index contributed by atoms with van der Waals surface area (Å²) in [6.45, 7) is 6.96. The Kier molecular flexibility index (Phi) is 3.91. The van der Waals surface area contributed by atoms with Gasteiger partial charge in [-0.05, 0) is 20.8 Å². The monoisotopic (exact) mass is 187 g/mol. The molecule has 4 nitrogen and oxygen atoms in total. The van der Waals surface area contributed by atoms with E-state index in [-0.39, 0.29) is 12.4 Å². The molecule has 76 valence electrons. The molecule has 0 aromatic carbocycles. The van der Waals surface area contributed by atoms with Crippen molar-refractivity contribution in [1.29, 1.82) is 0 Å². The lowest BCUT2D eigenvalue weighted by atomic mass is 10.1. The number of nitrogens with two attached hydrogens (primary N) is 1. The topological polar surface area (TPSA) is 69.4 Å². The lowest BCUT2D eigenvalue weighted by molar-refractivity contribution is -0.160. The summed E-state index contributed by atoms with van der Waals surface area (Å²) in [6, 6.07) is 0. The van der Waals surface area contributed by atoms with Crippen molar-refractivity contribution in [2.75, 3.05) is 0 Å². The third-order valence-corrected chi connectivity index (χ3v) is 1.32. The van der Waals surface area contributed by atoms with Gasteiger partial charge in [-0.3, -0.25) is 9.59 Å². The van der Waals surface area contributed by atoms with Crippen LogP contribution in [-0.4, -0.2) is 17.5 Å². The maximum atomic E-state index is 11.3. The standard InChI is InChI=1S/C9H17NO3/c1-6(5-7(10)11)8(12)13-9(2,3)4/h6H,5H2,1-4H3,(H2,10,11). The molecule has 1 unspecified atom stereocenters. The van der Waals surface area contributed by atoms with E-state index in [9.17, 15) is 9.59 Å². The van der Waals surface area contributed by atoms with E-state index in [1.165, 1.54) is 0 Å². The zero-order chi connectivity index (χ0) is 10.6. The van der Waals surface area contributed by atoms with Crippen LogP contribution in [0.25, 0.3) is 0 Å². The summed E-state index contributed by atoms with van der Waals surface area (Å²) < 4.78 is 5.05. The van der Waals surface area contributed by atoms with Gasteiger partial charge in [0.2, 0.25) is 5.91 Å². The largest absolute Gasteiger partial charge is 0.460 e. The average molecular weight is 187 g/mol. The van der Waals surface area contributed by atoms with Gasteiger partial charge in [0, 0.05) is 6.42 Å². The first kappa shape index (κ1) is 11.9. The highest BCUT2D eigenvalue weighted by molar-refractivity contribution is 5.81. The van der Waals surface area contributed by atoms with Crippen LogP contribution in [0.3, 0.4) is 0 Å². The van der Waals surface area contributed by atoms with Crippen LogP contribution in [0.1, 0.15) is 34.1 Å². The number of primary amides is 1. The Balaban J connectivity index is 4.05. The Bertz CT molecular complexity index is 205. The second kappa shape index (κ2) is 4.25. The minimum Gasteiger partial charge on any atom is -0.460 e. The third-order valence-electron chi connectivity index (χ3n) is 1.32. The Hall–Kier alpha value is -1.06. The lowest BCUT2D eigenvalue weighted by Gasteiger charge is -2.21. The average Bonchev–Trinajstić information content (AvgIpc) is 1.81. The van der Waals surface area contributed by atoms with Crippen molar-refractivity contribution in [1.82, 2.24) is 0 Å². The van der Waals surface area contributed by atoms with E-state index < -0.39 is 17.4 Å². The highest BCUT2D eigenvalue weighted by Crippen LogP contribution is 2.12. The van der Waals surface area contributed by atoms with Crippen molar-refractivity contribution in [2.24, 2.45) is 11.7 Å². The third kappa shape index (κ3) is 6.13. The van der Waals surface area contributed by atoms with E-state index in [4.69, 9.17) is 10.5 Å². The molecule has 0 aromatic heterocycles. The fraction of sp³-hybridized carbons (Fsp3) is 0.778. The lowest BCUT2D eigenvalue weighted by Crippen LogP contribution is -2.29. The van der Waals surface area contributed by atoms with Gasteiger partial charge in [0.15, 0.2) is 0 Å². The van der Waals surface area contributed by atoms with Gasteiger partial charge in [0.05, 0.1) is 5.92 Å². The Morgan fingerprint density at radius 1 is 1.38 bits per heavy atom. The van der Waals surface area contributed by atoms with Crippen molar-refractivity contribution >= 4 is 11.9 Å². The number of carbonyl (C=O) groups is 2. The zero-order valence-electron chi connectivity index (χ0n) is 8.59. The van der Waals surface area contributed by atoms with Crippen LogP contribution < -0.4 is 5.73 Å². The summed E-state index contributed by atoms with van der Waals surface area (Å²) in [4.78, 5) is 21.8. The molecule has 4 heteroatoms. The van der Waals surface area contributed by atoms with Crippen LogP contribution in [-0.2, 0) is 14.3 Å². The van der Waals surface area contributed by atoms with Crippen LogP contribution >= 0.6 is 0 Å². The summed E-state index contributed by atoms with van der Waals surface area (Å²) >= 11 is 0. The molecule has 0 aliphatic carbocycles. The number of amides is 1. The Morgan fingerprint density at radius 3 is 2.15 bits per heavy atom. The first-order chi connectivity index (χ1) is 5.72. The fourth-order valence-corrected chi connectivity index (χ4v) is 0.787. The first-order valence-corrected chi connectivity index (χ1v) is 4.23. The highest BCUT2D eigenvalue weighted by Gasteiger charge is 2.22. The van der Waals surface area contributed by atoms with Crippen LogP contribution in [0.5, 0.6) is 0 Å². The van der Waals surface area contributed by atoms with Crippen LogP contribution in [0.15, 0.2) is 0 Å². The van der Waals surface area contributed by atoms with E-state index in [1.54, 1.807) is 27.7 Å². The van der Waals surface area contributed by atoms with Crippen LogP contribution in [0.2, 0.25) is 0 Å². The quantitative estimate of drug-likeness (QED) is 0.665. The predicted octanol–water partition coefficient (Wildman–Crippen LogP) is 0.840. The van der Waals surface area contributed by atoms with Crippen molar-refractivity contribution < 1.29 is 14.3 Å². The molecule has 0 aliphatic rings. The van der Waals surface area contributed by atoms with Crippen molar-refractivity contribution in [3.05, 3.63) is 0 Å². The minimum atomic E-state index is -0.511. The summed E-state index contributed by atoms with van der Waals surface area (Å²) in [5.41, 5.74) is 4.44. The normalized spacial score (nSPS) is 13.5. The molecule has 0 fully saturated rings. The molecule has 0 aliphatic heterocycles. The summed E-state index contributed by atoms with van der Waals surface area (Å²) in [6.07, 6.45) is 0.0366. The van der Waals surface area contributed by atoms with E-state index in [0.29, 0.717) is 0 Å². The van der Waals surface area contributed by atoms with E-state index >= 15 is 0 Å². The zero-order valence-corrected chi connectivity index (χ0v) is 8.59. The molecule has 0 radical (unpaired) electrons. The first-order valence-electron chi connectivity index (χ1n) is 4.23. The van der Waals surface area contributed by atoms with Gasteiger partial charge in [-0.25, -0.2) is 0 Å². The van der Waals surface area contributed by atoms with Gasteiger partial charge in [-0.15, -0.1) is 0 Å². The summed E-state index contributed by atoms with van der Waals surface area (Å²) in [7, 11) is 0. The molecule has 1 atom stereocenters. The van der Waals surface area contributed by atoms with Gasteiger partial charge in [0.25, 0.3) is 0 Å². The predicted molar refractivity (Wildman–Crippen MR) is 48.8 cm³/mol. The van der Waals surface area contributed by atoms with E-state index in [2.05, 4.69) is 0 Å². The summed E-state index contributed by atoms with van der Waals surface area (Å²) in [5.74, 6) is -1.33. The molecule has 1 amide bonds. The summed E-state index contributed by atoms with van der Waals surface area (Å²) in [5, 5.41) is 0. The molecule has 0 rings (SSSR count). The Labute approximate surface area is 78.4 Å². The van der Waals surface area contributed by atoms with Crippen LogP contribution in [0, 0.1) is 5.92 Å². The van der Waals surface area contributed by atoms with Gasteiger partial charge in [-0.2, -0.15) is 0 Å². The second-order valence-electron chi connectivity index (χ2n) is 4.10. The number of esters is 1. The number of carbonyl (C=O) groups excluding carboxylic acids is 2. The maximum absolute atomic E-state index is 11.3. The molecule has 0 saturated heterocycles. The van der Waals surface area contributed by atoms with Crippen molar-refractivity contribution in [2.45, 2.75) is 39.7 Å². The molecule has 0 aromatic rings. The van der Waals surface area contributed by atoms with Crippen molar-refractivity contribution in [3.8, 4) is 0 Å². The van der Waals surface area contributed by atoms with Crippen molar-refractivity contribution in [3.63, 3.8) is 0 Å². The fourth-order valence-electron chi connectivity index (χ4n) is 0.787. The van der Waals surface area contributed by atoms with E-state index in [1.807, 2.05) is 0 Å². The Morgan fingerprint density at radius 2 is 1.85 bits per heavy atom. The number of ether oxygens (including phenoxy) is 1.